The standard InChI is InChI=1S/C31H37Cl2N3O5S/c1-20(2)17-34-31(38)23(5)35(18-24-10-11-25(32)16-27(24)33)30(37)19-36(28-15-22(4)9-14-29(28)41-6)42(39,40)26-12-7-21(3)8-13-26/h7-16,20,23H,17-19H2,1-6H3,(H,34,38)/t23-/m0/s1. The molecule has 0 aliphatic heterocycles. The molecule has 0 spiro atoms. The number of amides is 2. The van der Waals surface area contributed by atoms with Crippen LogP contribution in [0, 0.1) is 19.8 Å². The highest BCUT2D eigenvalue weighted by molar-refractivity contribution is 7.92. The van der Waals surface area contributed by atoms with E-state index in [1.165, 1.54) is 24.1 Å². The van der Waals surface area contributed by atoms with E-state index < -0.39 is 28.5 Å². The maximum Gasteiger partial charge on any atom is 0.264 e. The first-order valence-electron chi connectivity index (χ1n) is 13.5. The van der Waals surface area contributed by atoms with Gasteiger partial charge in [0.2, 0.25) is 11.8 Å². The first-order valence-corrected chi connectivity index (χ1v) is 15.7. The van der Waals surface area contributed by atoms with E-state index in [1.807, 2.05) is 27.7 Å². The Morgan fingerprint density at radius 2 is 1.57 bits per heavy atom. The zero-order chi connectivity index (χ0) is 31.2. The van der Waals surface area contributed by atoms with Crippen LogP contribution in [-0.4, -0.2) is 51.4 Å². The van der Waals surface area contributed by atoms with Crippen LogP contribution in [-0.2, 0) is 26.2 Å². The smallest absolute Gasteiger partial charge is 0.264 e. The molecule has 3 aromatic carbocycles. The third-order valence-electron chi connectivity index (χ3n) is 6.70. The number of anilines is 1. The number of hydrogen-bond acceptors (Lipinski definition) is 5. The maximum atomic E-state index is 14.1. The van der Waals surface area contributed by atoms with Crippen LogP contribution in [0.2, 0.25) is 10.0 Å². The Hall–Kier alpha value is -3.27. The lowest BCUT2D eigenvalue weighted by Crippen LogP contribution is -2.51. The highest BCUT2D eigenvalue weighted by Crippen LogP contribution is 2.34. The minimum absolute atomic E-state index is 0.0134. The maximum absolute atomic E-state index is 14.1. The van der Waals surface area contributed by atoms with Crippen molar-refractivity contribution in [2.75, 3.05) is 24.5 Å². The summed E-state index contributed by atoms with van der Waals surface area (Å²) in [5.74, 6) is -0.505. The summed E-state index contributed by atoms with van der Waals surface area (Å²) in [5, 5.41) is 3.60. The molecular weight excluding hydrogens is 597 g/mol. The normalized spacial score (nSPS) is 12.1. The lowest BCUT2D eigenvalue weighted by atomic mass is 10.1. The molecule has 8 nitrogen and oxygen atoms in total. The number of sulfonamides is 1. The molecule has 3 aromatic rings. The van der Waals surface area contributed by atoms with Gasteiger partial charge in [-0.2, -0.15) is 0 Å². The number of methoxy groups -OCH3 is 1. The molecule has 1 atom stereocenters. The molecule has 0 fully saturated rings. The zero-order valence-electron chi connectivity index (χ0n) is 24.6. The average Bonchev–Trinajstić information content (AvgIpc) is 2.93. The molecule has 3 rings (SSSR count). The second-order valence-electron chi connectivity index (χ2n) is 10.6. The molecular formula is C31H37Cl2N3O5S. The topological polar surface area (TPSA) is 96.0 Å². The quantitative estimate of drug-likeness (QED) is 0.264. The molecule has 226 valence electrons. The van der Waals surface area contributed by atoms with Crippen molar-refractivity contribution in [1.29, 1.82) is 0 Å². The minimum atomic E-state index is -4.24. The number of halogens is 2. The van der Waals surface area contributed by atoms with Gasteiger partial charge >= 0.3 is 0 Å². The Kier molecular flexibility index (Phi) is 11.3. The van der Waals surface area contributed by atoms with Gasteiger partial charge in [0.05, 0.1) is 17.7 Å². The number of carbonyl (C=O) groups excluding carboxylic acids is 2. The summed E-state index contributed by atoms with van der Waals surface area (Å²) >= 11 is 12.5. The Labute approximate surface area is 258 Å². The van der Waals surface area contributed by atoms with Crippen molar-refractivity contribution in [3.63, 3.8) is 0 Å². The third kappa shape index (κ3) is 8.18. The van der Waals surface area contributed by atoms with Crippen molar-refractivity contribution in [1.82, 2.24) is 10.2 Å². The Morgan fingerprint density at radius 3 is 2.17 bits per heavy atom. The van der Waals surface area contributed by atoms with Crippen LogP contribution in [0.1, 0.15) is 37.5 Å². The van der Waals surface area contributed by atoms with Crippen molar-refractivity contribution in [3.05, 3.63) is 87.4 Å². The van der Waals surface area contributed by atoms with Gasteiger partial charge in [-0.25, -0.2) is 8.42 Å². The van der Waals surface area contributed by atoms with Crippen molar-refractivity contribution >= 4 is 50.7 Å². The van der Waals surface area contributed by atoms with Gasteiger partial charge in [0.25, 0.3) is 10.0 Å². The lowest BCUT2D eigenvalue weighted by Gasteiger charge is -2.32. The molecule has 0 aliphatic carbocycles. The van der Waals surface area contributed by atoms with E-state index >= 15 is 0 Å². The number of aryl methyl sites for hydroxylation is 2. The number of benzene rings is 3. The summed E-state index contributed by atoms with van der Waals surface area (Å²) in [6.07, 6.45) is 0. The Balaban J connectivity index is 2.10. The molecule has 11 heteroatoms. The molecule has 0 radical (unpaired) electrons. The van der Waals surface area contributed by atoms with Crippen LogP contribution < -0.4 is 14.4 Å². The van der Waals surface area contributed by atoms with Gasteiger partial charge in [-0.3, -0.25) is 13.9 Å². The fourth-order valence-electron chi connectivity index (χ4n) is 4.21. The van der Waals surface area contributed by atoms with E-state index in [-0.39, 0.29) is 34.7 Å². The Bertz CT molecular complexity index is 1530. The molecule has 0 saturated carbocycles. The van der Waals surface area contributed by atoms with Crippen LogP contribution in [0.5, 0.6) is 5.75 Å². The summed E-state index contributed by atoms with van der Waals surface area (Å²) in [7, 11) is -2.81. The van der Waals surface area contributed by atoms with E-state index in [0.717, 1.165) is 15.4 Å². The van der Waals surface area contributed by atoms with Crippen molar-refractivity contribution in [2.45, 2.75) is 52.1 Å². The molecule has 0 aliphatic rings. The fraction of sp³-hybridized carbons (Fsp3) is 0.355. The summed E-state index contributed by atoms with van der Waals surface area (Å²) in [4.78, 5) is 28.6. The first kappa shape index (κ1) is 33.2. The van der Waals surface area contributed by atoms with Crippen molar-refractivity contribution in [3.8, 4) is 5.75 Å². The third-order valence-corrected chi connectivity index (χ3v) is 9.06. The van der Waals surface area contributed by atoms with Crippen molar-refractivity contribution in [2.24, 2.45) is 5.92 Å². The summed E-state index contributed by atoms with van der Waals surface area (Å²) in [6.45, 7) is 8.97. The van der Waals surface area contributed by atoms with Gasteiger partial charge in [-0.05, 0) is 74.2 Å². The molecule has 42 heavy (non-hydrogen) atoms. The number of rotatable bonds is 12. The molecule has 0 saturated heterocycles. The number of hydrogen-bond donors (Lipinski definition) is 1. The monoisotopic (exact) mass is 633 g/mol. The van der Waals surface area contributed by atoms with Crippen LogP contribution in [0.15, 0.2) is 65.6 Å². The van der Waals surface area contributed by atoms with Crippen molar-refractivity contribution < 1.29 is 22.7 Å². The van der Waals surface area contributed by atoms with E-state index in [1.54, 1.807) is 55.5 Å². The second kappa shape index (κ2) is 14.3. The number of nitrogens with one attached hydrogen (secondary N) is 1. The lowest BCUT2D eigenvalue weighted by molar-refractivity contribution is -0.139. The largest absolute Gasteiger partial charge is 0.495 e. The van der Waals surface area contributed by atoms with Gasteiger partial charge in [0.1, 0.15) is 18.3 Å². The van der Waals surface area contributed by atoms with Crippen LogP contribution in [0.4, 0.5) is 5.69 Å². The van der Waals surface area contributed by atoms with Gasteiger partial charge in [0, 0.05) is 23.1 Å². The minimum Gasteiger partial charge on any atom is -0.495 e. The first-order chi connectivity index (χ1) is 19.7. The summed E-state index contributed by atoms with van der Waals surface area (Å²) in [5.41, 5.74) is 2.41. The molecule has 1 N–H and O–H groups in total. The summed E-state index contributed by atoms with van der Waals surface area (Å²) in [6, 6.07) is 15.4. The predicted octanol–water partition coefficient (Wildman–Crippen LogP) is 6.00. The molecule has 0 heterocycles. The van der Waals surface area contributed by atoms with Crippen LogP contribution >= 0.6 is 23.2 Å². The van der Waals surface area contributed by atoms with Gasteiger partial charge < -0.3 is 15.0 Å². The molecule has 2 amide bonds. The highest BCUT2D eigenvalue weighted by Gasteiger charge is 2.34. The van der Waals surface area contributed by atoms with E-state index in [0.29, 0.717) is 22.2 Å². The van der Waals surface area contributed by atoms with Gasteiger partial charge in [0.15, 0.2) is 0 Å². The zero-order valence-corrected chi connectivity index (χ0v) is 27.0. The SMILES string of the molecule is COc1ccc(C)cc1N(CC(=O)N(Cc1ccc(Cl)cc1Cl)[C@@H](C)C(=O)NCC(C)C)S(=O)(=O)c1ccc(C)cc1. The van der Waals surface area contributed by atoms with E-state index in [2.05, 4.69) is 5.32 Å². The average molecular weight is 635 g/mol. The van der Waals surface area contributed by atoms with Gasteiger partial charge in [-0.15, -0.1) is 0 Å². The summed E-state index contributed by atoms with van der Waals surface area (Å²) < 4.78 is 34.7. The number of carbonyl (C=O) groups is 2. The van der Waals surface area contributed by atoms with Crippen LogP contribution in [0.25, 0.3) is 0 Å². The molecule has 0 unspecified atom stereocenters. The Morgan fingerprint density at radius 1 is 0.929 bits per heavy atom. The predicted molar refractivity (Wildman–Crippen MR) is 168 cm³/mol. The number of nitrogens with zero attached hydrogens (tertiary/aromatic N) is 2. The highest BCUT2D eigenvalue weighted by atomic mass is 35.5. The van der Waals surface area contributed by atoms with E-state index in [9.17, 15) is 18.0 Å². The van der Waals surface area contributed by atoms with Crippen LogP contribution in [0.3, 0.4) is 0 Å². The second-order valence-corrected chi connectivity index (χ2v) is 13.3. The number of ether oxygens (including phenoxy) is 1. The van der Waals surface area contributed by atoms with Gasteiger partial charge in [-0.1, -0.05) is 66.9 Å². The molecule has 0 bridgehead atoms. The van der Waals surface area contributed by atoms with E-state index in [4.69, 9.17) is 27.9 Å². The molecule has 0 aromatic heterocycles. The fourth-order valence-corrected chi connectivity index (χ4v) is 6.10.